The zero-order valence-corrected chi connectivity index (χ0v) is 15.3. The molecule has 0 saturated heterocycles. The molecule has 1 N–H and O–H groups in total. The maximum atomic E-state index is 12.8. The first kappa shape index (κ1) is 17.4. The number of benzene rings is 1. The normalized spacial score (nSPS) is 31.5. The van der Waals surface area contributed by atoms with Gasteiger partial charge in [-0.05, 0) is 80.5 Å². The molecule has 1 aromatic rings. The van der Waals surface area contributed by atoms with E-state index in [2.05, 4.69) is 5.32 Å². The van der Waals surface area contributed by atoms with Crippen LogP contribution in [-0.2, 0) is 9.53 Å². The third kappa shape index (κ3) is 3.31. The lowest BCUT2D eigenvalue weighted by atomic mass is 9.49. The van der Waals surface area contributed by atoms with Crippen LogP contribution in [-0.4, -0.2) is 32.1 Å². The van der Waals surface area contributed by atoms with E-state index in [0.717, 1.165) is 37.0 Å². The van der Waals surface area contributed by atoms with Crippen LogP contribution in [0.4, 0.5) is 0 Å². The molecule has 1 aromatic carbocycles. The van der Waals surface area contributed by atoms with Gasteiger partial charge in [0.25, 0.3) is 0 Å². The number of rotatable bonds is 6. The van der Waals surface area contributed by atoms with Crippen molar-refractivity contribution in [3.8, 4) is 5.75 Å². The molecule has 0 heterocycles. The SMILES string of the molecule is COc1ccc(C(=O)OCCNC(=O)C23CC4CC(CC(C4)C2)C3)cc1. The second-order valence-electron chi connectivity index (χ2n) is 8.32. The van der Waals surface area contributed by atoms with Crippen LogP contribution in [0.3, 0.4) is 0 Å². The highest BCUT2D eigenvalue weighted by molar-refractivity contribution is 5.89. The van der Waals surface area contributed by atoms with E-state index in [1.54, 1.807) is 31.4 Å². The van der Waals surface area contributed by atoms with Gasteiger partial charge in [-0.25, -0.2) is 4.79 Å². The number of carbonyl (C=O) groups is 2. The van der Waals surface area contributed by atoms with Crippen molar-refractivity contribution in [2.24, 2.45) is 23.2 Å². The summed E-state index contributed by atoms with van der Waals surface area (Å²) in [5.74, 6) is 2.75. The Hall–Kier alpha value is -2.04. The summed E-state index contributed by atoms with van der Waals surface area (Å²) in [5, 5.41) is 3.03. The molecule has 4 bridgehead atoms. The zero-order valence-electron chi connectivity index (χ0n) is 15.3. The molecule has 0 unspecified atom stereocenters. The molecule has 0 aliphatic heterocycles. The van der Waals surface area contributed by atoms with Crippen molar-refractivity contribution in [2.45, 2.75) is 38.5 Å². The fraction of sp³-hybridized carbons (Fsp3) is 0.619. The lowest BCUT2D eigenvalue weighted by Gasteiger charge is -2.55. The molecule has 140 valence electrons. The monoisotopic (exact) mass is 357 g/mol. The Morgan fingerprint density at radius 1 is 1.04 bits per heavy atom. The van der Waals surface area contributed by atoms with Crippen LogP contribution < -0.4 is 10.1 Å². The average Bonchev–Trinajstić information content (AvgIpc) is 2.64. The van der Waals surface area contributed by atoms with Gasteiger partial charge in [0.2, 0.25) is 5.91 Å². The van der Waals surface area contributed by atoms with Gasteiger partial charge in [0.1, 0.15) is 12.4 Å². The van der Waals surface area contributed by atoms with Gasteiger partial charge in [-0.2, -0.15) is 0 Å². The molecule has 5 rings (SSSR count). The lowest BCUT2D eigenvalue weighted by molar-refractivity contribution is -0.146. The van der Waals surface area contributed by atoms with Gasteiger partial charge >= 0.3 is 5.97 Å². The molecule has 5 nitrogen and oxygen atoms in total. The molecule has 0 spiro atoms. The summed E-state index contributed by atoms with van der Waals surface area (Å²) in [5.41, 5.74) is 0.340. The number of ether oxygens (including phenoxy) is 2. The van der Waals surface area contributed by atoms with Crippen molar-refractivity contribution >= 4 is 11.9 Å². The summed E-state index contributed by atoms with van der Waals surface area (Å²) in [6.07, 6.45) is 7.13. The van der Waals surface area contributed by atoms with Crippen LogP contribution in [0.5, 0.6) is 5.75 Å². The van der Waals surface area contributed by atoms with E-state index in [0.29, 0.717) is 17.9 Å². The fourth-order valence-corrected chi connectivity index (χ4v) is 5.69. The van der Waals surface area contributed by atoms with Crippen molar-refractivity contribution < 1.29 is 19.1 Å². The summed E-state index contributed by atoms with van der Waals surface area (Å²) in [6.45, 7) is 0.575. The Morgan fingerprint density at radius 2 is 1.62 bits per heavy atom. The molecular formula is C21H27NO4. The smallest absolute Gasteiger partial charge is 0.338 e. The minimum Gasteiger partial charge on any atom is -0.497 e. The molecular weight excluding hydrogens is 330 g/mol. The van der Waals surface area contributed by atoms with Gasteiger partial charge < -0.3 is 14.8 Å². The number of hydrogen-bond donors (Lipinski definition) is 1. The van der Waals surface area contributed by atoms with E-state index in [9.17, 15) is 9.59 Å². The second kappa shape index (κ2) is 6.93. The zero-order chi connectivity index (χ0) is 18.1. The molecule has 4 aliphatic carbocycles. The molecule has 0 radical (unpaired) electrons. The van der Waals surface area contributed by atoms with Gasteiger partial charge in [-0.1, -0.05) is 0 Å². The van der Waals surface area contributed by atoms with Gasteiger partial charge in [-0.15, -0.1) is 0 Å². The third-order valence-corrected chi connectivity index (χ3v) is 6.47. The van der Waals surface area contributed by atoms with Gasteiger partial charge in [0.15, 0.2) is 0 Å². The summed E-state index contributed by atoms with van der Waals surface area (Å²) in [6, 6.07) is 6.81. The van der Waals surface area contributed by atoms with E-state index in [4.69, 9.17) is 9.47 Å². The Balaban J connectivity index is 1.24. The Kier molecular flexibility index (Phi) is 4.63. The molecule has 0 atom stereocenters. The molecule has 0 aromatic heterocycles. The standard InChI is InChI=1S/C21H27NO4/c1-25-18-4-2-17(3-5-18)19(23)26-7-6-22-20(24)21-11-14-8-15(12-21)10-16(9-14)13-21/h2-5,14-16H,6-13H2,1H3,(H,22,24). The predicted octanol–water partition coefficient (Wildman–Crippen LogP) is 3.18. The number of carbonyl (C=O) groups excluding carboxylic acids is 2. The van der Waals surface area contributed by atoms with Crippen LogP contribution in [0.25, 0.3) is 0 Å². The Labute approximate surface area is 154 Å². The molecule has 4 fully saturated rings. The predicted molar refractivity (Wildman–Crippen MR) is 96.9 cm³/mol. The maximum Gasteiger partial charge on any atom is 0.338 e. The van der Waals surface area contributed by atoms with Crippen molar-refractivity contribution in [3.05, 3.63) is 29.8 Å². The first-order valence-corrected chi connectivity index (χ1v) is 9.67. The highest BCUT2D eigenvalue weighted by atomic mass is 16.5. The summed E-state index contributed by atoms with van der Waals surface area (Å²) in [7, 11) is 1.58. The van der Waals surface area contributed by atoms with E-state index in [-0.39, 0.29) is 23.9 Å². The molecule has 4 saturated carbocycles. The van der Waals surface area contributed by atoms with E-state index >= 15 is 0 Å². The molecule has 26 heavy (non-hydrogen) atoms. The van der Waals surface area contributed by atoms with Gasteiger partial charge in [0, 0.05) is 5.41 Å². The van der Waals surface area contributed by atoms with Crippen molar-refractivity contribution in [2.75, 3.05) is 20.3 Å². The Bertz CT molecular complexity index is 646. The fourth-order valence-electron chi connectivity index (χ4n) is 5.69. The summed E-state index contributed by atoms with van der Waals surface area (Å²) < 4.78 is 10.4. The van der Waals surface area contributed by atoms with E-state index in [1.807, 2.05) is 0 Å². The van der Waals surface area contributed by atoms with Crippen LogP contribution in [0.15, 0.2) is 24.3 Å². The molecule has 1 amide bonds. The van der Waals surface area contributed by atoms with Crippen molar-refractivity contribution in [1.82, 2.24) is 5.32 Å². The van der Waals surface area contributed by atoms with Gasteiger partial charge in [-0.3, -0.25) is 4.79 Å². The number of esters is 1. The first-order chi connectivity index (χ1) is 12.6. The Morgan fingerprint density at radius 3 is 2.15 bits per heavy atom. The van der Waals surface area contributed by atoms with Crippen LogP contribution in [0.1, 0.15) is 48.9 Å². The minimum absolute atomic E-state index is 0.144. The third-order valence-electron chi connectivity index (χ3n) is 6.47. The first-order valence-electron chi connectivity index (χ1n) is 9.67. The highest BCUT2D eigenvalue weighted by Crippen LogP contribution is 2.60. The maximum absolute atomic E-state index is 12.8. The average molecular weight is 357 g/mol. The lowest BCUT2D eigenvalue weighted by Crippen LogP contribution is -2.54. The largest absolute Gasteiger partial charge is 0.497 e. The quantitative estimate of drug-likeness (QED) is 0.627. The van der Waals surface area contributed by atoms with E-state index in [1.165, 1.54) is 19.3 Å². The van der Waals surface area contributed by atoms with E-state index < -0.39 is 0 Å². The number of methoxy groups -OCH3 is 1. The summed E-state index contributed by atoms with van der Waals surface area (Å²) >= 11 is 0. The van der Waals surface area contributed by atoms with Crippen molar-refractivity contribution in [1.29, 1.82) is 0 Å². The minimum atomic E-state index is -0.378. The van der Waals surface area contributed by atoms with Crippen LogP contribution in [0.2, 0.25) is 0 Å². The van der Waals surface area contributed by atoms with Crippen LogP contribution in [0, 0.1) is 23.2 Å². The highest BCUT2D eigenvalue weighted by Gasteiger charge is 2.54. The molecule has 4 aliphatic rings. The second-order valence-corrected chi connectivity index (χ2v) is 8.32. The number of hydrogen-bond acceptors (Lipinski definition) is 4. The summed E-state index contributed by atoms with van der Waals surface area (Å²) in [4.78, 5) is 24.9. The van der Waals surface area contributed by atoms with Crippen molar-refractivity contribution in [3.63, 3.8) is 0 Å². The number of nitrogens with one attached hydrogen (secondary N) is 1. The molecule has 5 heteroatoms. The topological polar surface area (TPSA) is 64.6 Å². The van der Waals surface area contributed by atoms with Crippen LogP contribution >= 0.6 is 0 Å². The van der Waals surface area contributed by atoms with Gasteiger partial charge in [0.05, 0.1) is 19.2 Å². The number of amides is 1.